The number of halogens is 2. The molecule has 0 saturated heterocycles. The lowest BCUT2D eigenvalue weighted by Crippen LogP contribution is -2.13. The molecule has 0 radical (unpaired) electrons. The molecule has 164 valence electrons. The summed E-state index contributed by atoms with van der Waals surface area (Å²) in [4.78, 5) is 35.5. The first-order valence-electron chi connectivity index (χ1n) is 9.30. The molecule has 1 amide bonds. The predicted octanol–water partition coefficient (Wildman–Crippen LogP) is 5.46. The van der Waals surface area contributed by atoms with Gasteiger partial charge in [-0.25, -0.2) is 9.59 Å². The highest BCUT2D eigenvalue weighted by molar-refractivity contribution is 6.42. The van der Waals surface area contributed by atoms with Gasteiger partial charge in [0.1, 0.15) is 17.4 Å². The van der Waals surface area contributed by atoms with E-state index in [-0.39, 0.29) is 27.5 Å². The monoisotopic (exact) mass is 480 g/mol. The quantitative estimate of drug-likeness (QED) is 0.209. The summed E-state index contributed by atoms with van der Waals surface area (Å²) in [5, 5.41) is 21.3. The van der Waals surface area contributed by atoms with Crippen molar-refractivity contribution in [2.24, 2.45) is 0 Å². The highest BCUT2D eigenvalue weighted by Crippen LogP contribution is 2.24. The molecule has 9 heteroatoms. The molecule has 3 aromatic carbocycles. The number of amides is 1. The Hall–Kier alpha value is -4.12. The Bertz CT molecular complexity index is 1290. The van der Waals surface area contributed by atoms with Crippen molar-refractivity contribution in [3.63, 3.8) is 0 Å². The summed E-state index contributed by atoms with van der Waals surface area (Å²) in [5.74, 6) is -2.11. The third-order valence-corrected chi connectivity index (χ3v) is 5.05. The van der Waals surface area contributed by atoms with Crippen molar-refractivity contribution in [2.75, 3.05) is 5.32 Å². The Morgan fingerprint density at radius 3 is 2.12 bits per heavy atom. The standard InChI is InChI=1S/C24H14Cl2N2O5/c25-20-10-5-16(12-21(20)26)24(32)33-19-8-1-14(2-9-19)11-17(13-27)22(29)28-18-6-3-15(4-7-18)23(30)31/h1-12H,(H,28,29)(H,30,31)/b17-11+. The average Bonchev–Trinajstić information content (AvgIpc) is 2.80. The molecule has 0 bridgehead atoms. The number of ether oxygens (including phenoxy) is 1. The summed E-state index contributed by atoms with van der Waals surface area (Å²) in [5.41, 5.74) is 1.00. The third kappa shape index (κ3) is 6.20. The van der Waals surface area contributed by atoms with Gasteiger partial charge in [0.25, 0.3) is 5.91 Å². The van der Waals surface area contributed by atoms with E-state index in [1.165, 1.54) is 60.7 Å². The fourth-order valence-electron chi connectivity index (χ4n) is 2.63. The Labute approximate surface area is 198 Å². The second-order valence-electron chi connectivity index (χ2n) is 6.59. The van der Waals surface area contributed by atoms with E-state index < -0.39 is 17.8 Å². The summed E-state index contributed by atoms with van der Waals surface area (Å²) < 4.78 is 5.29. The Balaban J connectivity index is 1.68. The lowest BCUT2D eigenvalue weighted by molar-refractivity contribution is -0.112. The number of nitrogens with zero attached hydrogens (tertiary/aromatic N) is 1. The van der Waals surface area contributed by atoms with Gasteiger partial charge >= 0.3 is 11.9 Å². The highest BCUT2D eigenvalue weighted by Gasteiger charge is 2.12. The number of hydrogen-bond donors (Lipinski definition) is 2. The van der Waals surface area contributed by atoms with Crippen LogP contribution in [0.4, 0.5) is 5.69 Å². The van der Waals surface area contributed by atoms with Gasteiger partial charge in [0.05, 0.1) is 21.2 Å². The smallest absolute Gasteiger partial charge is 0.343 e. The Morgan fingerprint density at radius 2 is 1.55 bits per heavy atom. The van der Waals surface area contributed by atoms with Crippen LogP contribution in [0.5, 0.6) is 5.75 Å². The maximum atomic E-state index is 12.4. The summed E-state index contributed by atoms with van der Waals surface area (Å²) in [7, 11) is 0. The van der Waals surface area contributed by atoms with Gasteiger partial charge in [-0.15, -0.1) is 0 Å². The normalized spacial score (nSPS) is 10.8. The van der Waals surface area contributed by atoms with Crippen molar-refractivity contribution in [3.8, 4) is 11.8 Å². The van der Waals surface area contributed by atoms with Crippen LogP contribution in [0.15, 0.2) is 72.3 Å². The molecule has 0 heterocycles. The molecule has 0 spiro atoms. The van der Waals surface area contributed by atoms with E-state index in [1.807, 2.05) is 6.07 Å². The minimum Gasteiger partial charge on any atom is -0.478 e. The van der Waals surface area contributed by atoms with Crippen LogP contribution in [0.3, 0.4) is 0 Å². The molecule has 33 heavy (non-hydrogen) atoms. The largest absolute Gasteiger partial charge is 0.478 e. The summed E-state index contributed by atoms with van der Waals surface area (Å²) in [6.45, 7) is 0. The molecule has 0 aliphatic heterocycles. The van der Waals surface area contributed by atoms with Crippen molar-refractivity contribution >= 4 is 52.8 Å². The number of benzene rings is 3. The van der Waals surface area contributed by atoms with Crippen molar-refractivity contribution in [3.05, 3.63) is 99.0 Å². The third-order valence-electron chi connectivity index (χ3n) is 4.31. The number of hydrogen-bond acceptors (Lipinski definition) is 5. The van der Waals surface area contributed by atoms with Crippen LogP contribution in [-0.2, 0) is 4.79 Å². The summed E-state index contributed by atoms with van der Waals surface area (Å²) >= 11 is 11.8. The van der Waals surface area contributed by atoms with Crippen LogP contribution < -0.4 is 10.1 Å². The van der Waals surface area contributed by atoms with Gasteiger partial charge < -0.3 is 15.2 Å². The number of carboxylic acids is 1. The van der Waals surface area contributed by atoms with E-state index in [2.05, 4.69) is 5.32 Å². The highest BCUT2D eigenvalue weighted by atomic mass is 35.5. The van der Waals surface area contributed by atoms with E-state index in [1.54, 1.807) is 12.1 Å². The molecule has 3 rings (SSSR count). The lowest BCUT2D eigenvalue weighted by Gasteiger charge is -2.06. The first kappa shape index (κ1) is 23.5. The minimum absolute atomic E-state index is 0.0731. The van der Waals surface area contributed by atoms with Crippen molar-refractivity contribution < 1.29 is 24.2 Å². The molecule has 0 aliphatic rings. The van der Waals surface area contributed by atoms with Crippen molar-refractivity contribution in [1.82, 2.24) is 0 Å². The van der Waals surface area contributed by atoms with Gasteiger partial charge in [0.2, 0.25) is 0 Å². The number of carbonyl (C=O) groups is 3. The summed E-state index contributed by atoms with van der Waals surface area (Å²) in [6, 6.07) is 17.9. The second kappa shape index (κ2) is 10.5. The van der Waals surface area contributed by atoms with E-state index >= 15 is 0 Å². The zero-order valence-electron chi connectivity index (χ0n) is 16.7. The molecule has 0 saturated carbocycles. The maximum Gasteiger partial charge on any atom is 0.343 e. The SMILES string of the molecule is N#C/C(=C\c1ccc(OC(=O)c2ccc(Cl)c(Cl)c2)cc1)C(=O)Nc1ccc(C(=O)O)cc1. The first-order valence-corrected chi connectivity index (χ1v) is 10.1. The maximum absolute atomic E-state index is 12.4. The number of aromatic carboxylic acids is 1. The van der Waals surface area contributed by atoms with Crippen molar-refractivity contribution in [1.29, 1.82) is 5.26 Å². The lowest BCUT2D eigenvalue weighted by atomic mass is 10.1. The van der Waals surface area contributed by atoms with Gasteiger partial charge in [-0.3, -0.25) is 4.79 Å². The number of rotatable bonds is 6. The minimum atomic E-state index is -1.09. The van der Waals surface area contributed by atoms with Gasteiger partial charge in [0.15, 0.2) is 0 Å². The van der Waals surface area contributed by atoms with Crippen LogP contribution in [-0.4, -0.2) is 23.0 Å². The fourth-order valence-corrected chi connectivity index (χ4v) is 2.93. The Kier molecular flexibility index (Phi) is 7.46. The van der Waals surface area contributed by atoms with Gasteiger partial charge in [-0.05, 0) is 66.2 Å². The predicted molar refractivity (Wildman–Crippen MR) is 123 cm³/mol. The molecular formula is C24H14Cl2N2O5. The first-order chi connectivity index (χ1) is 15.8. The number of anilines is 1. The molecule has 7 nitrogen and oxygen atoms in total. The molecule has 3 aromatic rings. The summed E-state index contributed by atoms with van der Waals surface area (Å²) in [6.07, 6.45) is 1.37. The number of esters is 1. The van der Waals surface area contributed by atoms with Crippen molar-refractivity contribution in [2.45, 2.75) is 0 Å². The number of nitriles is 1. The van der Waals surface area contributed by atoms with Gasteiger partial charge in [0, 0.05) is 5.69 Å². The number of carbonyl (C=O) groups excluding carboxylic acids is 2. The van der Waals surface area contributed by atoms with Gasteiger partial charge in [-0.2, -0.15) is 5.26 Å². The fraction of sp³-hybridized carbons (Fsp3) is 0. The zero-order valence-corrected chi connectivity index (χ0v) is 18.2. The molecule has 2 N–H and O–H groups in total. The molecular weight excluding hydrogens is 467 g/mol. The van der Waals surface area contributed by atoms with Crippen LogP contribution in [0.25, 0.3) is 6.08 Å². The van der Waals surface area contributed by atoms with Gasteiger partial charge in [-0.1, -0.05) is 35.3 Å². The number of carboxylic acid groups (broad SMARTS) is 1. The molecule has 0 aromatic heterocycles. The van der Waals surface area contributed by atoms with Crippen LogP contribution in [0, 0.1) is 11.3 Å². The van der Waals surface area contributed by atoms with E-state index in [4.69, 9.17) is 33.0 Å². The molecule has 0 aliphatic carbocycles. The number of nitrogens with one attached hydrogen (secondary N) is 1. The van der Waals surface area contributed by atoms with Crippen LogP contribution in [0.2, 0.25) is 10.0 Å². The molecule has 0 unspecified atom stereocenters. The van der Waals surface area contributed by atoms with Crippen LogP contribution in [0.1, 0.15) is 26.3 Å². The van der Waals surface area contributed by atoms with E-state index in [0.717, 1.165) is 0 Å². The molecule has 0 fully saturated rings. The molecule has 0 atom stereocenters. The van der Waals surface area contributed by atoms with E-state index in [9.17, 15) is 19.6 Å². The van der Waals surface area contributed by atoms with E-state index in [0.29, 0.717) is 16.3 Å². The van der Waals surface area contributed by atoms with Crippen LogP contribution >= 0.6 is 23.2 Å². The average molecular weight is 481 g/mol. The zero-order chi connectivity index (χ0) is 24.0. The Morgan fingerprint density at radius 1 is 0.909 bits per heavy atom. The topological polar surface area (TPSA) is 116 Å². The second-order valence-corrected chi connectivity index (χ2v) is 7.41.